The molecule has 20 heavy (non-hydrogen) atoms. The maximum Gasteiger partial charge on any atom is 0.124 e. The fourth-order valence-electron chi connectivity index (χ4n) is 2.33. The maximum atomic E-state index is 5.73. The van der Waals surface area contributed by atoms with Crippen LogP contribution in [-0.2, 0) is 0 Å². The first-order chi connectivity index (χ1) is 9.80. The molecule has 3 heteroatoms. The van der Waals surface area contributed by atoms with Crippen LogP contribution in [0.1, 0.15) is 24.1 Å². The fourth-order valence-corrected chi connectivity index (χ4v) is 2.33. The number of hydrogen-bond donors (Lipinski definition) is 1. The standard InChI is InChI=1S/C17H21NO2/c1-4-20-16-11-6-5-10-15(16)17(18-2)13-8-7-9-14(12-13)19-3/h5-12,17-18H,4H2,1-3H3. The molecule has 2 rings (SSSR count). The summed E-state index contributed by atoms with van der Waals surface area (Å²) in [7, 11) is 3.63. The Morgan fingerprint density at radius 2 is 1.90 bits per heavy atom. The number of nitrogens with one attached hydrogen (secondary N) is 1. The number of methoxy groups -OCH3 is 1. The molecule has 2 aromatic carbocycles. The molecule has 0 fully saturated rings. The minimum absolute atomic E-state index is 0.0767. The van der Waals surface area contributed by atoms with Crippen LogP contribution in [0.3, 0.4) is 0 Å². The van der Waals surface area contributed by atoms with Crippen molar-refractivity contribution >= 4 is 0 Å². The van der Waals surface area contributed by atoms with E-state index in [9.17, 15) is 0 Å². The first kappa shape index (κ1) is 14.4. The average Bonchev–Trinajstić information content (AvgIpc) is 2.50. The zero-order valence-electron chi connectivity index (χ0n) is 12.2. The molecule has 0 aliphatic carbocycles. The minimum Gasteiger partial charge on any atom is -0.497 e. The van der Waals surface area contributed by atoms with E-state index in [0.717, 1.165) is 22.6 Å². The summed E-state index contributed by atoms with van der Waals surface area (Å²) < 4.78 is 11.0. The van der Waals surface area contributed by atoms with Gasteiger partial charge in [-0.3, -0.25) is 0 Å². The average molecular weight is 271 g/mol. The van der Waals surface area contributed by atoms with Gasteiger partial charge in [0.05, 0.1) is 19.8 Å². The summed E-state index contributed by atoms with van der Waals surface area (Å²) in [5, 5.41) is 3.35. The van der Waals surface area contributed by atoms with Gasteiger partial charge in [0.15, 0.2) is 0 Å². The molecule has 0 aliphatic rings. The van der Waals surface area contributed by atoms with Crippen molar-refractivity contribution in [3.8, 4) is 11.5 Å². The summed E-state index contributed by atoms with van der Waals surface area (Å²) in [6.07, 6.45) is 0. The highest BCUT2D eigenvalue weighted by molar-refractivity contribution is 5.43. The normalized spacial score (nSPS) is 11.9. The zero-order valence-corrected chi connectivity index (χ0v) is 12.2. The monoisotopic (exact) mass is 271 g/mol. The van der Waals surface area contributed by atoms with Crippen LogP contribution >= 0.6 is 0 Å². The number of rotatable bonds is 6. The van der Waals surface area contributed by atoms with Crippen LogP contribution in [0.4, 0.5) is 0 Å². The minimum atomic E-state index is 0.0767. The molecule has 3 nitrogen and oxygen atoms in total. The van der Waals surface area contributed by atoms with Crippen molar-refractivity contribution < 1.29 is 9.47 Å². The molecule has 1 N–H and O–H groups in total. The third-order valence-electron chi connectivity index (χ3n) is 3.25. The smallest absolute Gasteiger partial charge is 0.124 e. The van der Waals surface area contributed by atoms with Gasteiger partial charge in [0.2, 0.25) is 0 Å². The third-order valence-corrected chi connectivity index (χ3v) is 3.25. The van der Waals surface area contributed by atoms with E-state index in [0.29, 0.717) is 6.61 Å². The van der Waals surface area contributed by atoms with E-state index in [1.54, 1.807) is 7.11 Å². The molecule has 0 radical (unpaired) electrons. The summed E-state index contributed by atoms with van der Waals surface area (Å²) in [6, 6.07) is 16.3. The van der Waals surface area contributed by atoms with Crippen LogP contribution in [0.5, 0.6) is 11.5 Å². The molecule has 106 valence electrons. The van der Waals surface area contributed by atoms with E-state index in [4.69, 9.17) is 9.47 Å². The highest BCUT2D eigenvalue weighted by Crippen LogP contribution is 2.31. The van der Waals surface area contributed by atoms with Gasteiger partial charge in [-0.25, -0.2) is 0 Å². The second kappa shape index (κ2) is 6.96. The Kier molecular flexibility index (Phi) is 5.02. The fraction of sp³-hybridized carbons (Fsp3) is 0.294. The van der Waals surface area contributed by atoms with Crippen molar-refractivity contribution in [3.63, 3.8) is 0 Å². The highest BCUT2D eigenvalue weighted by atomic mass is 16.5. The molecule has 1 unspecified atom stereocenters. The summed E-state index contributed by atoms with van der Waals surface area (Å²) in [6.45, 7) is 2.66. The Bertz CT molecular complexity index is 554. The first-order valence-corrected chi connectivity index (χ1v) is 6.83. The number of para-hydroxylation sites is 1. The number of ether oxygens (including phenoxy) is 2. The molecule has 0 aliphatic heterocycles. The molecule has 0 aromatic heterocycles. The van der Waals surface area contributed by atoms with Crippen LogP contribution in [0, 0.1) is 0 Å². The summed E-state index contributed by atoms with van der Waals surface area (Å²) in [5.41, 5.74) is 2.28. The quantitative estimate of drug-likeness (QED) is 0.873. The molecule has 1 atom stereocenters. The molecule has 0 amide bonds. The molecular formula is C17H21NO2. The molecule has 2 aromatic rings. The number of hydrogen-bond acceptors (Lipinski definition) is 3. The Hall–Kier alpha value is -2.00. The Morgan fingerprint density at radius 3 is 2.60 bits per heavy atom. The van der Waals surface area contributed by atoms with Crippen molar-refractivity contribution in [3.05, 3.63) is 59.7 Å². The summed E-state index contributed by atoms with van der Waals surface area (Å²) in [4.78, 5) is 0. The van der Waals surface area contributed by atoms with E-state index in [-0.39, 0.29) is 6.04 Å². The van der Waals surface area contributed by atoms with Crippen LogP contribution in [0.2, 0.25) is 0 Å². The van der Waals surface area contributed by atoms with E-state index >= 15 is 0 Å². The first-order valence-electron chi connectivity index (χ1n) is 6.83. The predicted molar refractivity (Wildman–Crippen MR) is 81.5 cm³/mol. The van der Waals surface area contributed by atoms with Gasteiger partial charge in [-0.2, -0.15) is 0 Å². The molecule has 0 spiro atoms. The molecule has 0 saturated carbocycles. The third kappa shape index (κ3) is 3.11. The Balaban J connectivity index is 2.41. The van der Waals surface area contributed by atoms with E-state index in [2.05, 4.69) is 17.4 Å². The van der Waals surface area contributed by atoms with Gasteiger partial charge in [-0.15, -0.1) is 0 Å². The predicted octanol–water partition coefficient (Wildman–Crippen LogP) is 3.40. The van der Waals surface area contributed by atoms with Crippen LogP contribution in [0.25, 0.3) is 0 Å². The van der Waals surface area contributed by atoms with Gasteiger partial charge in [-0.05, 0) is 37.7 Å². The summed E-state index contributed by atoms with van der Waals surface area (Å²) >= 11 is 0. The molecular weight excluding hydrogens is 250 g/mol. The second-order valence-electron chi connectivity index (χ2n) is 4.47. The topological polar surface area (TPSA) is 30.5 Å². The van der Waals surface area contributed by atoms with Crippen LogP contribution in [-0.4, -0.2) is 20.8 Å². The highest BCUT2D eigenvalue weighted by Gasteiger charge is 2.16. The van der Waals surface area contributed by atoms with Gasteiger partial charge in [0.1, 0.15) is 11.5 Å². The molecule has 0 heterocycles. The van der Waals surface area contributed by atoms with Crippen molar-refractivity contribution in [1.29, 1.82) is 0 Å². The second-order valence-corrected chi connectivity index (χ2v) is 4.47. The SMILES string of the molecule is CCOc1ccccc1C(NC)c1cccc(OC)c1. The lowest BCUT2D eigenvalue weighted by Crippen LogP contribution is -2.18. The van der Waals surface area contributed by atoms with E-state index in [1.165, 1.54) is 0 Å². The van der Waals surface area contributed by atoms with Crippen molar-refractivity contribution in [1.82, 2.24) is 5.32 Å². The van der Waals surface area contributed by atoms with Gasteiger partial charge < -0.3 is 14.8 Å². The van der Waals surface area contributed by atoms with Crippen molar-refractivity contribution in [2.75, 3.05) is 20.8 Å². The Morgan fingerprint density at radius 1 is 1.10 bits per heavy atom. The van der Waals surface area contributed by atoms with Gasteiger partial charge in [0, 0.05) is 5.56 Å². The van der Waals surface area contributed by atoms with Gasteiger partial charge >= 0.3 is 0 Å². The van der Waals surface area contributed by atoms with Gasteiger partial charge in [-0.1, -0.05) is 30.3 Å². The largest absolute Gasteiger partial charge is 0.497 e. The molecule has 0 bridgehead atoms. The lowest BCUT2D eigenvalue weighted by molar-refractivity contribution is 0.334. The molecule has 0 saturated heterocycles. The van der Waals surface area contributed by atoms with Crippen LogP contribution in [0.15, 0.2) is 48.5 Å². The van der Waals surface area contributed by atoms with Crippen LogP contribution < -0.4 is 14.8 Å². The maximum absolute atomic E-state index is 5.73. The van der Waals surface area contributed by atoms with E-state index in [1.807, 2.05) is 50.4 Å². The Labute approximate surface area is 120 Å². The zero-order chi connectivity index (χ0) is 14.4. The van der Waals surface area contributed by atoms with E-state index < -0.39 is 0 Å². The van der Waals surface area contributed by atoms with Crippen molar-refractivity contribution in [2.45, 2.75) is 13.0 Å². The summed E-state index contributed by atoms with van der Waals surface area (Å²) in [5.74, 6) is 1.77. The number of benzene rings is 2. The lowest BCUT2D eigenvalue weighted by Gasteiger charge is -2.20. The lowest BCUT2D eigenvalue weighted by atomic mass is 9.98. The van der Waals surface area contributed by atoms with Gasteiger partial charge in [0.25, 0.3) is 0 Å². The van der Waals surface area contributed by atoms with Crippen molar-refractivity contribution in [2.24, 2.45) is 0 Å².